The van der Waals surface area contributed by atoms with Crippen LogP contribution >= 0.6 is 11.6 Å². The van der Waals surface area contributed by atoms with Crippen LogP contribution in [0.1, 0.15) is 38.2 Å². The van der Waals surface area contributed by atoms with Gasteiger partial charge in [0.2, 0.25) is 0 Å². The van der Waals surface area contributed by atoms with Gasteiger partial charge in [-0.15, -0.1) is 0 Å². The number of benzene rings is 1. The van der Waals surface area contributed by atoms with Gasteiger partial charge in [-0.25, -0.2) is 0 Å². The van der Waals surface area contributed by atoms with Gasteiger partial charge in [0.1, 0.15) is 0 Å². The molecule has 0 spiro atoms. The van der Waals surface area contributed by atoms with Crippen LogP contribution in [0.25, 0.3) is 0 Å². The first-order chi connectivity index (χ1) is 7.76. The molecular formula is C14H20ClN. The Kier molecular flexibility index (Phi) is 3.88. The van der Waals surface area contributed by atoms with E-state index in [2.05, 4.69) is 18.3 Å². The van der Waals surface area contributed by atoms with E-state index in [0.29, 0.717) is 5.41 Å². The first-order valence-corrected chi connectivity index (χ1v) is 6.58. The highest BCUT2D eigenvalue weighted by Gasteiger charge is 2.34. The van der Waals surface area contributed by atoms with Crippen molar-refractivity contribution in [2.45, 2.75) is 39.2 Å². The molecule has 1 saturated carbocycles. The van der Waals surface area contributed by atoms with Crippen LogP contribution in [0.2, 0.25) is 5.02 Å². The van der Waals surface area contributed by atoms with Gasteiger partial charge in [-0.1, -0.05) is 43.1 Å². The van der Waals surface area contributed by atoms with Crippen LogP contribution in [0.3, 0.4) is 0 Å². The molecule has 1 aromatic rings. The van der Waals surface area contributed by atoms with Crippen LogP contribution in [0.4, 0.5) is 0 Å². The molecule has 0 atom stereocenters. The Morgan fingerprint density at radius 1 is 1.31 bits per heavy atom. The molecule has 0 saturated heterocycles. The van der Waals surface area contributed by atoms with E-state index in [-0.39, 0.29) is 0 Å². The van der Waals surface area contributed by atoms with E-state index in [0.717, 1.165) is 18.1 Å². The van der Waals surface area contributed by atoms with Crippen molar-refractivity contribution in [2.24, 2.45) is 5.41 Å². The van der Waals surface area contributed by atoms with Crippen molar-refractivity contribution in [3.05, 3.63) is 34.9 Å². The second-order valence-corrected chi connectivity index (χ2v) is 5.31. The number of hydrogen-bond donors (Lipinski definition) is 1. The highest BCUT2D eigenvalue weighted by atomic mass is 35.5. The summed E-state index contributed by atoms with van der Waals surface area (Å²) in [6.45, 7) is 4.33. The van der Waals surface area contributed by atoms with Gasteiger partial charge in [0, 0.05) is 18.1 Å². The largest absolute Gasteiger partial charge is 0.312 e. The zero-order valence-corrected chi connectivity index (χ0v) is 10.7. The maximum atomic E-state index is 6.12. The molecular weight excluding hydrogens is 218 g/mol. The molecule has 2 rings (SSSR count). The predicted octanol–water partition coefficient (Wildman–Crippen LogP) is 4.01. The maximum absolute atomic E-state index is 6.12. The summed E-state index contributed by atoms with van der Waals surface area (Å²) in [6, 6.07) is 8.07. The van der Waals surface area contributed by atoms with Crippen molar-refractivity contribution in [2.75, 3.05) is 6.54 Å². The summed E-state index contributed by atoms with van der Waals surface area (Å²) in [7, 11) is 0. The Balaban J connectivity index is 1.82. The lowest BCUT2D eigenvalue weighted by atomic mass is 9.67. The fraction of sp³-hybridized carbons (Fsp3) is 0.571. The SMILES string of the molecule is CCC1(CNCc2ccccc2Cl)CCC1. The Morgan fingerprint density at radius 2 is 2.06 bits per heavy atom. The fourth-order valence-electron chi connectivity index (χ4n) is 2.44. The lowest BCUT2D eigenvalue weighted by Crippen LogP contribution is -2.39. The molecule has 0 aliphatic heterocycles. The minimum Gasteiger partial charge on any atom is -0.312 e. The molecule has 1 N–H and O–H groups in total. The Hall–Kier alpha value is -0.530. The van der Waals surface area contributed by atoms with Crippen LogP contribution in [-0.4, -0.2) is 6.54 Å². The minimum atomic E-state index is 0.585. The monoisotopic (exact) mass is 237 g/mol. The molecule has 1 aliphatic rings. The molecule has 2 heteroatoms. The molecule has 0 bridgehead atoms. The summed E-state index contributed by atoms with van der Waals surface area (Å²) in [6.07, 6.45) is 5.47. The number of rotatable bonds is 5. The van der Waals surface area contributed by atoms with Crippen LogP contribution < -0.4 is 5.32 Å². The molecule has 1 fully saturated rings. The highest BCUT2D eigenvalue weighted by Crippen LogP contribution is 2.43. The second-order valence-electron chi connectivity index (χ2n) is 4.90. The van der Waals surface area contributed by atoms with Crippen molar-refractivity contribution in [1.29, 1.82) is 0 Å². The average Bonchev–Trinajstić information content (AvgIpc) is 2.25. The summed E-state index contributed by atoms with van der Waals surface area (Å²) in [5.74, 6) is 0. The Labute approximate surface area is 103 Å². The fourth-order valence-corrected chi connectivity index (χ4v) is 2.64. The average molecular weight is 238 g/mol. The van der Waals surface area contributed by atoms with Crippen LogP contribution in [0, 0.1) is 5.41 Å². The Bertz CT molecular complexity index is 339. The molecule has 1 aliphatic carbocycles. The van der Waals surface area contributed by atoms with Crippen LogP contribution in [0.5, 0.6) is 0 Å². The van der Waals surface area contributed by atoms with E-state index in [1.54, 1.807) is 0 Å². The standard InChI is InChI=1S/C14H20ClN/c1-2-14(8-5-9-14)11-16-10-12-6-3-4-7-13(12)15/h3-4,6-7,16H,2,5,8-11H2,1H3. The van der Waals surface area contributed by atoms with Gasteiger partial charge in [0.25, 0.3) is 0 Å². The van der Waals surface area contributed by atoms with Crippen molar-refractivity contribution in [3.63, 3.8) is 0 Å². The van der Waals surface area contributed by atoms with Crippen LogP contribution in [-0.2, 0) is 6.54 Å². The van der Waals surface area contributed by atoms with Crippen molar-refractivity contribution >= 4 is 11.6 Å². The van der Waals surface area contributed by atoms with E-state index < -0.39 is 0 Å². The topological polar surface area (TPSA) is 12.0 Å². The van der Waals surface area contributed by atoms with Gasteiger partial charge in [0.05, 0.1) is 0 Å². The zero-order valence-electron chi connectivity index (χ0n) is 9.93. The second kappa shape index (κ2) is 5.20. The first-order valence-electron chi connectivity index (χ1n) is 6.20. The van der Waals surface area contributed by atoms with Crippen molar-refractivity contribution in [1.82, 2.24) is 5.32 Å². The minimum absolute atomic E-state index is 0.585. The molecule has 16 heavy (non-hydrogen) atoms. The molecule has 0 heterocycles. The summed E-state index contributed by atoms with van der Waals surface area (Å²) >= 11 is 6.12. The third-order valence-corrected chi connectivity index (χ3v) is 4.31. The smallest absolute Gasteiger partial charge is 0.0450 e. The van der Waals surface area contributed by atoms with Gasteiger partial charge in [0.15, 0.2) is 0 Å². The third kappa shape index (κ3) is 2.58. The van der Waals surface area contributed by atoms with E-state index in [1.807, 2.05) is 18.2 Å². The van der Waals surface area contributed by atoms with Gasteiger partial charge >= 0.3 is 0 Å². The zero-order chi connectivity index (χ0) is 11.4. The van der Waals surface area contributed by atoms with E-state index in [1.165, 1.54) is 31.2 Å². The van der Waals surface area contributed by atoms with Crippen molar-refractivity contribution < 1.29 is 0 Å². The quantitative estimate of drug-likeness (QED) is 0.816. The molecule has 1 nitrogen and oxygen atoms in total. The summed E-state index contributed by atoms with van der Waals surface area (Å²) < 4.78 is 0. The third-order valence-electron chi connectivity index (χ3n) is 3.94. The lowest BCUT2D eigenvalue weighted by Gasteiger charge is -2.41. The molecule has 0 unspecified atom stereocenters. The number of halogens is 1. The van der Waals surface area contributed by atoms with Gasteiger partial charge < -0.3 is 5.32 Å². The van der Waals surface area contributed by atoms with Crippen molar-refractivity contribution in [3.8, 4) is 0 Å². The van der Waals surface area contributed by atoms with Gasteiger partial charge in [-0.3, -0.25) is 0 Å². The molecule has 1 aromatic carbocycles. The molecule has 0 radical (unpaired) electrons. The predicted molar refractivity (Wildman–Crippen MR) is 69.7 cm³/mol. The lowest BCUT2D eigenvalue weighted by molar-refractivity contribution is 0.124. The summed E-state index contributed by atoms with van der Waals surface area (Å²) in [5, 5.41) is 4.42. The van der Waals surface area contributed by atoms with E-state index in [9.17, 15) is 0 Å². The highest BCUT2D eigenvalue weighted by molar-refractivity contribution is 6.31. The van der Waals surface area contributed by atoms with Gasteiger partial charge in [-0.2, -0.15) is 0 Å². The summed E-state index contributed by atoms with van der Waals surface area (Å²) in [5.41, 5.74) is 1.79. The first kappa shape index (κ1) is 11.9. The molecule has 88 valence electrons. The Morgan fingerprint density at radius 3 is 2.62 bits per heavy atom. The molecule has 0 amide bonds. The normalized spacial score (nSPS) is 18.1. The van der Waals surface area contributed by atoms with E-state index in [4.69, 9.17) is 11.6 Å². The number of hydrogen-bond acceptors (Lipinski definition) is 1. The van der Waals surface area contributed by atoms with E-state index >= 15 is 0 Å². The summed E-state index contributed by atoms with van der Waals surface area (Å²) in [4.78, 5) is 0. The molecule has 0 aromatic heterocycles. The maximum Gasteiger partial charge on any atom is 0.0450 e. The number of nitrogens with one attached hydrogen (secondary N) is 1. The van der Waals surface area contributed by atoms with Crippen LogP contribution in [0.15, 0.2) is 24.3 Å². The van der Waals surface area contributed by atoms with Gasteiger partial charge in [-0.05, 0) is 36.3 Å².